The van der Waals surface area contributed by atoms with Crippen molar-refractivity contribution in [3.8, 4) is 5.75 Å². The molecule has 1 unspecified atom stereocenters. The lowest BCUT2D eigenvalue weighted by Gasteiger charge is -2.24. The summed E-state index contributed by atoms with van der Waals surface area (Å²) in [6.07, 6.45) is 2.43. The fraction of sp³-hybridized carbons (Fsp3) is 0.500. The molecule has 1 aliphatic rings. The molecule has 134 valence electrons. The van der Waals surface area contributed by atoms with Crippen LogP contribution in [0.4, 0.5) is 0 Å². The maximum absolute atomic E-state index is 10.8. The van der Waals surface area contributed by atoms with Crippen molar-refractivity contribution in [2.45, 2.75) is 25.4 Å². The summed E-state index contributed by atoms with van der Waals surface area (Å²) in [6, 6.07) is 8.05. The monoisotopic (exact) mass is 464 g/mol. The van der Waals surface area contributed by atoms with E-state index in [0.29, 0.717) is 18.3 Å². The second-order valence-corrected chi connectivity index (χ2v) is 6.54. The van der Waals surface area contributed by atoms with Gasteiger partial charge in [0.1, 0.15) is 5.75 Å². The van der Waals surface area contributed by atoms with E-state index in [9.17, 15) is 4.79 Å². The van der Waals surface area contributed by atoms with Crippen molar-refractivity contribution in [3.05, 3.63) is 29.8 Å². The number of hydrogen-bond acceptors (Lipinski definition) is 4. The normalized spacial score (nSPS) is 17.5. The molecular formula is C16H25IN4O2S. The van der Waals surface area contributed by atoms with E-state index in [-0.39, 0.29) is 30.6 Å². The molecule has 2 rings (SSSR count). The zero-order valence-electron chi connectivity index (χ0n) is 13.8. The molecule has 1 saturated heterocycles. The third-order valence-corrected chi connectivity index (χ3v) is 4.68. The van der Waals surface area contributed by atoms with Crippen LogP contribution < -0.4 is 21.1 Å². The predicted octanol–water partition coefficient (Wildman–Crippen LogP) is 1.73. The number of carbonyl (C=O) groups excluding carboxylic acids is 1. The zero-order chi connectivity index (χ0) is 16.5. The number of amides is 1. The van der Waals surface area contributed by atoms with E-state index >= 15 is 0 Å². The summed E-state index contributed by atoms with van der Waals surface area (Å²) in [4.78, 5) is 15.0. The highest BCUT2D eigenvalue weighted by Crippen LogP contribution is 2.17. The summed E-state index contributed by atoms with van der Waals surface area (Å²) in [5.41, 5.74) is 6.13. The van der Waals surface area contributed by atoms with Crippen LogP contribution in [0.2, 0.25) is 0 Å². The minimum absolute atomic E-state index is 0. The van der Waals surface area contributed by atoms with Gasteiger partial charge < -0.3 is 21.1 Å². The number of aliphatic imine (C=N–C) groups is 1. The van der Waals surface area contributed by atoms with Gasteiger partial charge >= 0.3 is 0 Å². The Labute approximate surface area is 164 Å². The van der Waals surface area contributed by atoms with Gasteiger partial charge in [0, 0.05) is 25.4 Å². The average molecular weight is 464 g/mol. The van der Waals surface area contributed by atoms with Gasteiger partial charge in [-0.1, -0.05) is 12.1 Å². The number of ether oxygens (including phenoxy) is 1. The maximum atomic E-state index is 10.8. The minimum atomic E-state index is -0.483. The molecule has 1 fully saturated rings. The zero-order valence-corrected chi connectivity index (χ0v) is 16.9. The third kappa shape index (κ3) is 7.61. The summed E-state index contributed by atoms with van der Waals surface area (Å²) >= 11 is 1.98. The lowest BCUT2D eigenvalue weighted by Crippen LogP contribution is -2.45. The second-order valence-electron chi connectivity index (χ2n) is 5.39. The van der Waals surface area contributed by atoms with Gasteiger partial charge in [0.25, 0.3) is 5.91 Å². The summed E-state index contributed by atoms with van der Waals surface area (Å²) in [7, 11) is 1.78. The molecule has 4 N–H and O–H groups in total. The van der Waals surface area contributed by atoms with Crippen LogP contribution in [0.1, 0.15) is 18.4 Å². The van der Waals surface area contributed by atoms with E-state index in [1.165, 1.54) is 18.6 Å². The van der Waals surface area contributed by atoms with Crippen molar-refractivity contribution in [2.24, 2.45) is 10.7 Å². The Morgan fingerprint density at radius 1 is 1.50 bits per heavy atom. The molecule has 1 aromatic carbocycles. The molecule has 0 spiro atoms. The highest BCUT2D eigenvalue weighted by Gasteiger charge is 2.14. The lowest BCUT2D eigenvalue weighted by atomic mass is 10.2. The Morgan fingerprint density at radius 2 is 2.33 bits per heavy atom. The SMILES string of the molecule is CN=C(NCc1cccc(OCC(N)=O)c1)NC1CCCSC1.I. The van der Waals surface area contributed by atoms with Crippen molar-refractivity contribution < 1.29 is 9.53 Å². The van der Waals surface area contributed by atoms with Gasteiger partial charge in [-0.05, 0) is 36.3 Å². The summed E-state index contributed by atoms with van der Waals surface area (Å²) in [5, 5.41) is 6.76. The number of hydrogen-bond donors (Lipinski definition) is 3. The van der Waals surface area contributed by atoms with Gasteiger partial charge in [0.2, 0.25) is 0 Å². The second kappa shape index (κ2) is 11.4. The Bertz CT molecular complexity index is 551. The van der Waals surface area contributed by atoms with Crippen LogP contribution in [-0.2, 0) is 11.3 Å². The van der Waals surface area contributed by atoms with E-state index in [2.05, 4.69) is 15.6 Å². The standard InChI is InChI=1S/C16H24N4O2S.HI/c1-18-16(20-13-5-3-7-23-11-13)19-9-12-4-2-6-14(8-12)22-10-15(17)21;/h2,4,6,8,13H,3,5,7,9-11H2,1H3,(H2,17,21)(H2,18,19,20);1H. The molecule has 0 aliphatic carbocycles. The number of carbonyl (C=O) groups is 1. The van der Waals surface area contributed by atoms with Crippen LogP contribution in [0.3, 0.4) is 0 Å². The Kier molecular flexibility index (Phi) is 9.92. The first-order valence-corrected chi connectivity index (χ1v) is 8.88. The van der Waals surface area contributed by atoms with Gasteiger partial charge in [-0.25, -0.2) is 0 Å². The highest BCUT2D eigenvalue weighted by molar-refractivity contribution is 14.0. The van der Waals surface area contributed by atoms with Gasteiger partial charge in [0.15, 0.2) is 12.6 Å². The summed E-state index contributed by atoms with van der Waals surface area (Å²) < 4.78 is 5.31. The first-order valence-electron chi connectivity index (χ1n) is 7.72. The van der Waals surface area contributed by atoms with E-state index in [0.717, 1.165) is 17.3 Å². The Hall–Kier alpha value is -1.16. The van der Waals surface area contributed by atoms with Crippen molar-refractivity contribution in [3.63, 3.8) is 0 Å². The van der Waals surface area contributed by atoms with Crippen molar-refractivity contribution in [1.82, 2.24) is 10.6 Å². The average Bonchev–Trinajstić information content (AvgIpc) is 2.58. The third-order valence-electron chi connectivity index (χ3n) is 3.46. The first kappa shape index (κ1) is 20.9. The van der Waals surface area contributed by atoms with Gasteiger partial charge in [-0.2, -0.15) is 11.8 Å². The topological polar surface area (TPSA) is 88.7 Å². The van der Waals surface area contributed by atoms with Crippen LogP contribution >= 0.6 is 35.7 Å². The lowest BCUT2D eigenvalue weighted by molar-refractivity contribution is -0.119. The quantitative estimate of drug-likeness (QED) is 0.339. The number of nitrogens with one attached hydrogen (secondary N) is 2. The number of rotatable bonds is 6. The van der Waals surface area contributed by atoms with Crippen LogP contribution in [0, 0.1) is 0 Å². The molecule has 0 aromatic heterocycles. The van der Waals surface area contributed by atoms with E-state index < -0.39 is 5.91 Å². The van der Waals surface area contributed by atoms with Crippen LogP contribution in [-0.4, -0.2) is 43.1 Å². The number of thioether (sulfide) groups is 1. The number of benzene rings is 1. The van der Waals surface area contributed by atoms with E-state index in [1.807, 2.05) is 30.0 Å². The molecule has 1 aliphatic heterocycles. The molecule has 0 saturated carbocycles. The molecule has 0 radical (unpaired) electrons. The van der Waals surface area contributed by atoms with Crippen molar-refractivity contribution in [1.29, 1.82) is 0 Å². The Balaban J connectivity index is 0.00000288. The number of halogens is 1. The number of nitrogens with zero attached hydrogens (tertiary/aromatic N) is 1. The van der Waals surface area contributed by atoms with Crippen LogP contribution in [0.5, 0.6) is 5.75 Å². The molecule has 0 bridgehead atoms. The van der Waals surface area contributed by atoms with Gasteiger partial charge in [-0.15, -0.1) is 24.0 Å². The molecule has 1 amide bonds. The molecule has 6 nitrogen and oxygen atoms in total. The van der Waals surface area contributed by atoms with E-state index in [4.69, 9.17) is 10.5 Å². The predicted molar refractivity (Wildman–Crippen MR) is 110 cm³/mol. The maximum Gasteiger partial charge on any atom is 0.255 e. The van der Waals surface area contributed by atoms with Gasteiger partial charge in [0.05, 0.1) is 0 Å². The largest absolute Gasteiger partial charge is 0.484 e. The molecule has 1 heterocycles. The van der Waals surface area contributed by atoms with E-state index in [1.54, 1.807) is 13.1 Å². The fourth-order valence-corrected chi connectivity index (χ4v) is 3.40. The van der Waals surface area contributed by atoms with Crippen LogP contribution in [0.15, 0.2) is 29.3 Å². The smallest absolute Gasteiger partial charge is 0.255 e. The molecular weight excluding hydrogens is 439 g/mol. The van der Waals surface area contributed by atoms with Crippen molar-refractivity contribution >= 4 is 47.6 Å². The summed E-state index contributed by atoms with van der Waals surface area (Å²) in [5.74, 6) is 3.33. The molecule has 1 aromatic rings. The Morgan fingerprint density at radius 3 is 3.00 bits per heavy atom. The number of primary amides is 1. The molecule has 1 atom stereocenters. The van der Waals surface area contributed by atoms with Gasteiger partial charge in [-0.3, -0.25) is 9.79 Å². The fourth-order valence-electron chi connectivity index (χ4n) is 2.33. The van der Waals surface area contributed by atoms with Crippen LogP contribution in [0.25, 0.3) is 0 Å². The number of guanidine groups is 1. The molecule has 8 heteroatoms. The highest BCUT2D eigenvalue weighted by atomic mass is 127. The summed E-state index contributed by atoms with van der Waals surface area (Å²) in [6.45, 7) is 0.521. The first-order chi connectivity index (χ1) is 11.2. The minimum Gasteiger partial charge on any atom is -0.484 e. The number of nitrogens with two attached hydrogens (primary N) is 1. The van der Waals surface area contributed by atoms with Crippen molar-refractivity contribution in [2.75, 3.05) is 25.2 Å². The molecule has 24 heavy (non-hydrogen) atoms.